The van der Waals surface area contributed by atoms with Crippen LogP contribution in [0.25, 0.3) is 0 Å². The molecule has 2 fully saturated rings. The first-order chi connectivity index (χ1) is 9.72. The van der Waals surface area contributed by atoms with E-state index in [1.165, 1.54) is 5.69 Å². The minimum absolute atomic E-state index is 0.0248. The number of nitrogens with zero attached hydrogens (tertiary/aromatic N) is 1. The van der Waals surface area contributed by atoms with Crippen LogP contribution in [0.1, 0.15) is 19.3 Å². The number of anilines is 1. The van der Waals surface area contributed by atoms with Gasteiger partial charge in [0.1, 0.15) is 0 Å². The molecule has 2 atom stereocenters. The summed E-state index contributed by atoms with van der Waals surface area (Å²) in [5, 5.41) is 6.43. The number of carbonyl (C=O) groups excluding carboxylic acids is 1. The van der Waals surface area contributed by atoms with Gasteiger partial charge in [-0.1, -0.05) is 15.9 Å². The molecule has 2 unspecified atom stereocenters. The Kier molecular flexibility index (Phi) is 4.27. The molecular weight excluding hydrogens is 318 g/mol. The predicted octanol–water partition coefficient (Wildman–Crippen LogP) is 1.90. The zero-order valence-electron chi connectivity index (χ0n) is 11.4. The van der Waals surface area contributed by atoms with Gasteiger partial charge in [-0.15, -0.1) is 0 Å². The van der Waals surface area contributed by atoms with Gasteiger partial charge >= 0.3 is 0 Å². The van der Waals surface area contributed by atoms with Crippen molar-refractivity contribution in [3.8, 4) is 0 Å². The second kappa shape index (κ2) is 6.14. The van der Waals surface area contributed by atoms with E-state index in [0.29, 0.717) is 0 Å². The third-order valence-corrected chi connectivity index (χ3v) is 4.63. The summed E-state index contributed by atoms with van der Waals surface area (Å²) in [5.74, 6) is 0.171. The lowest BCUT2D eigenvalue weighted by atomic mass is 10.2. The van der Waals surface area contributed by atoms with E-state index in [9.17, 15) is 4.79 Å². The SMILES string of the molecule is O=C(NC1CCN(c2ccc(Br)cc2)C1)C1CCCN1. The summed E-state index contributed by atoms with van der Waals surface area (Å²) < 4.78 is 1.10. The van der Waals surface area contributed by atoms with E-state index in [-0.39, 0.29) is 18.0 Å². The zero-order chi connectivity index (χ0) is 13.9. The number of carbonyl (C=O) groups is 1. The average molecular weight is 338 g/mol. The molecule has 0 spiro atoms. The largest absolute Gasteiger partial charge is 0.369 e. The van der Waals surface area contributed by atoms with Crippen LogP contribution in [0.2, 0.25) is 0 Å². The highest BCUT2D eigenvalue weighted by atomic mass is 79.9. The number of benzene rings is 1. The second-order valence-corrected chi connectivity index (χ2v) is 6.48. The van der Waals surface area contributed by atoms with Gasteiger partial charge in [0.05, 0.1) is 6.04 Å². The minimum atomic E-state index is 0.0248. The van der Waals surface area contributed by atoms with Gasteiger partial charge in [-0.2, -0.15) is 0 Å². The molecule has 2 N–H and O–H groups in total. The third kappa shape index (κ3) is 3.15. The highest BCUT2D eigenvalue weighted by Crippen LogP contribution is 2.22. The molecule has 108 valence electrons. The number of hydrogen-bond donors (Lipinski definition) is 2. The first kappa shape index (κ1) is 13.9. The van der Waals surface area contributed by atoms with Gasteiger partial charge in [0.25, 0.3) is 0 Å². The average Bonchev–Trinajstić information content (AvgIpc) is 3.10. The Balaban J connectivity index is 1.54. The van der Waals surface area contributed by atoms with Gasteiger partial charge in [0, 0.05) is 29.3 Å². The summed E-state index contributed by atoms with van der Waals surface area (Å²) in [6, 6.07) is 8.65. The van der Waals surface area contributed by atoms with E-state index in [0.717, 1.165) is 43.4 Å². The molecule has 1 aromatic rings. The Morgan fingerprint density at radius 3 is 2.80 bits per heavy atom. The quantitative estimate of drug-likeness (QED) is 0.885. The molecule has 20 heavy (non-hydrogen) atoms. The molecule has 0 bridgehead atoms. The van der Waals surface area contributed by atoms with E-state index in [2.05, 4.69) is 55.7 Å². The van der Waals surface area contributed by atoms with Crippen LogP contribution in [-0.4, -0.2) is 37.6 Å². The Morgan fingerprint density at radius 2 is 2.10 bits per heavy atom. The molecule has 0 aromatic heterocycles. The number of halogens is 1. The molecule has 2 heterocycles. The van der Waals surface area contributed by atoms with E-state index in [1.807, 2.05) is 0 Å². The maximum absolute atomic E-state index is 12.1. The molecule has 0 aliphatic carbocycles. The minimum Gasteiger partial charge on any atom is -0.369 e. The number of nitrogens with one attached hydrogen (secondary N) is 2. The zero-order valence-corrected chi connectivity index (χ0v) is 13.0. The highest BCUT2D eigenvalue weighted by molar-refractivity contribution is 9.10. The van der Waals surface area contributed by atoms with E-state index in [4.69, 9.17) is 0 Å². The Labute approximate surface area is 128 Å². The Bertz CT molecular complexity index is 471. The van der Waals surface area contributed by atoms with Gasteiger partial charge < -0.3 is 15.5 Å². The molecular formula is C15H20BrN3O. The maximum atomic E-state index is 12.1. The first-order valence-corrected chi connectivity index (χ1v) is 8.06. The maximum Gasteiger partial charge on any atom is 0.237 e. The lowest BCUT2D eigenvalue weighted by Gasteiger charge is -2.20. The standard InChI is InChI=1S/C15H20BrN3O/c16-11-3-5-13(6-4-11)19-9-7-12(10-19)18-15(20)14-2-1-8-17-14/h3-6,12,14,17H,1-2,7-10H2,(H,18,20). The van der Waals surface area contributed by atoms with Crippen molar-refractivity contribution < 1.29 is 4.79 Å². The van der Waals surface area contributed by atoms with Crippen molar-refractivity contribution in [1.29, 1.82) is 0 Å². The van der Waals surface area contributed by atoms with Gasteiger partial charge in [0.15, 0.2) is 0 Å². The van der Waals surface area contributed by atoms with Gasteiger partial charge in [-0.25, -0.2) is 0 Å². The van der Waals surface area contributed by atoms with E-state index in [1.54, 1.807) is 0 Å². The van der Waals surface area contributed by atoms with Gasteiger partial charge in [0.2, 0.25) is 5.91 Å². The van der Waals surface area contributed by atoms with E-state index < -0.39 is 0 Å². The van der Waals surface area contributed by atoms with Crippen molar-refractivity contribution in [2.24, 2.45) is 0 Å². The summed E-state index contributed by atoms with van der Waals surface area (Å²) >= 11 is 3.45. The fourth-order valence-electron chi connectivity index (χ4n) is 2.97. The summed E-state index contributed by atoms with van der Waals surface area (Å²) in [6.07, 6.45) is 3.09. The van der Waals surface area contributed by atoms with Gasteiger partial charge in [-0.3, -0.25) is 4.79 Å². The van der Waals surface area contributed by atoms with Crippen LogP contribution >= 0.6 is 15.9 Å². The van der Waals surface area contributed by atoms with Crippen LogP contribution in [0.5, 0.6) is 0 Å². The van der Waals surface area contributed by atoms with Crippen LogP contribution in [0.4, 0.5) is 5.69 Å². The molecule has 4 nitrogen and oxygen atoms in total. The van der Waals surface area contributed by atoms with Crippen molar-refractivity contribution in [1.82, 2.24) is 10.6 Å². The summed E-state index contributed by atoms with van der Waals surface area (Å²) in [4.78, 5) is 14.4. The van der Waals surface area contributed by atoms with Crippen molar-refractivity contribution in [3.05, 3.63) is 28.7 Å². The van der Waals surface area contributed by atoms with Crippen LogP contribution in [0, 0.1) is 0 Å². The van der Waals surface area contributed by atoms with Crippen molar-refractivity contribution in [3.63, 3.8) is 0 Å². The third-order valence-electron chi connectivity index (χ3n) is 4.10. The summed E-state index contributed by atoms with van der Waals surface area (Å²) in [5.41, 5.74) is 1.23. The topological polar surface area (TPSA) is 44.4 Å². The van der Waals surface area contributed by atoms with Crippen LogP contribution < -0.4 is 15.5 Å². The molecule has 0 saturated carbocycles. The van der Waals surface area contributed by atoms with E-state index >= 15 is 0 Å². The van der Waals surface area contributed by atoms with Gasteiger partial charge in [-0.05, 0) is 50.1 Å². The van der Waals surface area contributed by atoms with Crippen LogP contribution in [0.15, 0.2) is 28.7 Å². The molecule has 2 saturated heterocycles. The van der Waals surface area contributed by atoms with Crippen LogP contribution in [0.3, 0.4) is 0 Å². The lowest BCUT2D eigenvalue weighted by molar-refractivity contribution is -0.123. The molecule has 0 radical (unpaired) electrons. The first-order valence-electron chi connectivity index (χ1n) is 7.26. The number of rotatable bonds is 3. The summed E-state index contributed by atoms with van der Waals surface area (Å²) in [7, 11) is 0. The highest BCUT2D eigenvalue weighted by Gasteiger charge is 2.28. The molecule has 5 heteroatoms. The van der Waals surface area contributed by atoms with Crippen molar-refractivity contribution in [2.75, 3.05) is 24.5 Å². The van der Waals surface area contributed by atoms with Crippen LogP contribution in [-0.2, 0) is 4.79 Å². The normalized spacial score (nSPS) is 25.9. The predicted molar refractivity (Wildman–Crippen MR) is 83.9 cm³/mol. The monoisotopic (exact) mass is 337 g/mol. The van der Waals surface area contributed by atoms with Crippen molar-refractivity contribution >= 4 is 27.5 Å². The molecule has 2 aliphatic heterocycles. The smallest absolute Gasteiger partial charge is 0.237 e. The number of amides is 1. The fourth-order valence-corrected chi connectivity index (χ4v) is 3.24. The Morgan fingerprint density at radius 1 is 1.30 bits per heavy atom. The molecule has 1 aromatic carbocycles. The molecule has 2 aliphatic rings. The van der Waals surface area contributed by atoms with Crippen molar-refractivity contribution in [2.45, 2.75) is 31.3 Å². The molecule has 1 amide bonds. The summed E-state index contributed by atoms with van der Waals surface area (Å²) in [6.45, 7) is 2.87. The fraction of sp³-hybridized carbons (Fsp3) is 0.533. The molecule has 3 rings (SSSR count). The number of hydrogen-bond acceptors (Lipinski definition) is 3. The second-order valence-electron chi connectivity index (χ2n) is 5.57. The Hall–Kier alpha value is -1.07. The lowest BCUT2D eigenvalue weighted by Crippen LogP contribution is -2.46.